The minimum absolute atomic E-state index is 0.223. The summed E-state index contributed by atoms with van der Waals surface area (Å²) in [5.74, 6) is 1.06. The molecule has 0 amide bonds. The molecule has 1 aromatic carbocycles. The molecule has 1 aromatic heterocycles. The van der Waals surface area contributed by atoms with Gasteiger partial charge in [-0.1, -0.05) is 74.8 Å². The molecule has 0 radical (unpaired) electrons. The zero-order valence-electron chi connectivity index (χ0n) is 30.8. The molecule has 2 atom stereocenters. The first-order valence-electron chi connectivity index (χ1n) is 17.6. The van der Waals surface area contributed by atoms with Gasteiger partial charge in [0.2, 0.25) is 0 Å². The number of allylic oxidation sites excluding steroid dienone is 2. The number of aromatic nitrogens is 1. The van der Waals surface area contributed by atoms with Crippen LogP contribution in [-0.2, 0) is 11.2 Å². The third kappa shape index (κ3) is 10.7. The van der Waals surface area contributed by atoms with Gasteiger partial charge in [0.15, 0.2) is 0 Å². The molecule has 2 unspecified atom stereocenters. The van der Waals surface area contributed by atoms with E-state index in [0.717, 1.165) is 73.6 Å². The predicted octanol–water partition coefficient (Wildman–Crippen LogP) is 10.4. The van der Waals surface area contributed by atoms with Crippen LogP contribution in [0.2, 0.25) is 0 Å². The number of pyridine rings is 1. The summed E-state index contributed by atoms with van der Waals surface area (Å²) in [5.41, 5.74) is 3.84. The molecular weight excluding hydrogens is 547 g/mol. The van der Waals surface area contributed by atoms with Gasteiger partial charge in [0, 0.05) is 42.8 Å². The monoisotopic (exact) mass is 615 g/mol. The lowest BCUT2D eigenvalue weighted by Gasteiger charge is -2.46. The van der Waals surface area contributed by atoms with Crippen LogP contribution in [0.5, 0.6) is 0 Å². The van der Waals surface area contributed by atoms with Gasteiger partial charge >= 0.3 is 0 Å². The van der Waals surface area contributed by atoms with Crippen LogP contribution in [0.4, 0.5) is 10.2 Å². The van der Waals surface area contributed by atoms with E-state index in [0.29, 0.717) is 17.1 Å². The lowest BCUT2D eigenvalue weighted by Crippen LogP contribution is -2.53. The van der Waals surface area contributed by atoms with E-state index in [9.17, 15) is 0 Å². The fourth-order valence-corrected chi connectivity index (χ4v) is 5.86. The highest BCUT2D eigenvalue weighted by Gasteiger charge is 2.46. The Morgan fingerprint density at radius 2 is 1.66 bits per heavy atom. The standard InChI is InChI=1S/C25H33FN4.C4H8O.C3H8.3C2H6/c1-6-8-21(27)22-16(3)19-13-17(7-2)14-20(26)23(19)28-24(22)30-12-10-25(4)18(15-30)9-11-29(25)5;1-2-4-5-3-1;1-3-2;3*1-2/h6,8,13-14,18,27H,7,9-12,15H2,1-5H3;1-4H2;3H2,1-2H3;3*1-2H3/b8-6-,27-21?;;;;;. The number of aryl methyl sites for hydroxylation is 2. The molecule has 0 aliphatic carbocycles. The average Bonchev–Trinajstić information content (AvgIpc) is 3.73. The lowest BCUT2D eigenvalue weighted by molar-refractivity contribution is 0.124. The van der Waals surface area contributed by atoms with Gasteiger partial charge < -0.3 is 19.9 Å². The average molecular weight is 615 g/mol. The molecule has 44 heavy (non-hydrogen) atoms. The molecule has 0 saturated carbocycles. The van der Waals surface area contributed by atoms with E-state index in [4.69, 9.17) is 15.1 Å². The Hall–Kier alpha value is -2.31. The van der Waals surface area contributed by atoms with Gasteiger partial charge in [0.25, 0.3) is 0 Å². The number of halogens is 1. The zero-order valence-corrected chi connectivity index (χ0v) is 30.8. The number of hydrogen-bond donors (Lipinski definition) is 1. The normalized spacial score (nSPS) is 20.4. The van der Waals surface area contributed by atoms with Crippen molar-refractivity contribution in [2.24, 2.45) is 5.92 Å². The SMILES string of the molecule is C/C=C\C(=N)c1c(N2CCC3(C)C(CCN3C)C2)nc2c(F)cc(CC)cc2c1C.C1CCOC1.CC.CC.CC.CCC. The third-order valence-electron chi connectivity index (χ3n) is 8.37. The number of anilines is 1. The number of likely N-dealkylation sites (tertiary alicyclic amines) is 1. The number of nitrogens with one attached hydrogen (secondary N) is 1. The molecule has 2 aromatic rings. The second kappa shape index (κ2) is 22.2. The van der Waals surface area contributed by atoms with Crippen LogP contribution in [-0.4, -0.2) is 61.0 Å². The van der Waals surface area contributed by atoms with Crippen molar-refractivity contribution in [2.45, 2.75) is 127 Å². The summed E-state index contributed by atoms with van der Waals surface area (Å²) in [6.45, 7) is 29.5. The molecule has 3 aliphatic rings. The fourth-order valence-electron chi connectivity index (χ4n) is 5.86. The minimum atomic E-state index is -0.264. The van der Waals surface area contributed by atoms with Gasteiger partial charge in [-0.3, -0.25) is 0 Å². The van der Waals surface area contributed by atoms with Gasteiger partial charge in [-0.05, 0) is 102 Å². The number of ether oxygens (including phenoxy) is 1. The van der Waals surface area contributed by atoms with Crippen molar-refractivity contribution in [1.82, 2.24) is 9.88 Å². The summed E-state index contributed by atoms with van der Waals surface area (Å²) in [7, 11) is 2.22. The molecule has 3 fully saturated rings. The van der Waals surface area contributed by atoms with Crippen molar-refractivity contribution < 1.29 is 9.13 Å². The van der Waals surface area contributed by atoms with Crippen molar-refractivity contribution in [3.05, 3.63) is 46.8 Å². The van der Waals surface area contributed by atoms with E-state index in [1.54, 1.807) is 6.07 Å². The van der Waals surface area contributed by atoms with Crippen molar-refractivity contribution in [1.29, 1.82) is 5.41 Å². The third-order valence-corrected chi connectivity index (χ3v) is 8.37. The topological polar surface area (TPSA) is 52.5 Å². The van der Waals surface area contributed by atoms with Crippen LogP contribution in [0.15, 0.2) is 24.3 Å². The summed E-state index contributed by atoms with van der Waals surface area (Å²) >= 11 is 0. The quantitative estimate of drug-likeness (QED) is 0.348. The molecular formula is C38H67FN4O. The van der Waals surface area contributed by atoms with E-state index in [1.807, 2.05) is 80.5 Å². The number of nitrogens with zero attached hydrogens (tertiary/aromatic N) is 3. The van der Waals surface area contributed by atoms with Crippen LogP contribution in [0, 0.1) is 24.1 Å². The van der Waals surface area contributed by atoms with Crippen LogP contribution >= 0.6 is 0 Å². The summed E-state index contributed by atoms with van der Waals surface area (Å²) in [6, 6.07) is 3.64. The minimum Gasteiger partial charge on any atom is -0.381 e. The molecule has 1 N–H and O–H groups in total. The Bertz CT molecular complexity index is 1120. The van der Waals surface area contributed by atoms with Gasteiger partial charge in [-0.15, -0.1) is 0 Å². The fraction of sp³-hybridized carbons (Fsp3) is 0.684. The summed E-state index contributed by atoms with van der Waals surface area (Å²) in [5, 5.41) is 9.54. The highest BCUT2D eigenvalue weighted by Crippen LogP contribution is 2.42. The zero-order chi connectivity index (χ0) is 33.9. The van der Waals surface area contributed by atoms with Gasteiger partial charge in [-0.2, -0.15) is 0 Å². The van der Waals surface area contributed by atoms with Gasteiger partial charge in [0.1, 0.15) is 17.2 Å². The molecule has 5 rings (SSSR count). The maximum atomic E-state index is 15.0. The van der Waals surface area contributed by atoms with Crippen LogP contribution in [0.25, 0.3) is 10.9 Å². The first-order valence-corrected chi connectivity index (χ1v) is 17.6. The summed E-state index contributed by atoms with van der Waals surface area (Å²) in [6.07, 6.45) is 10.5. The molecule has 6 heteroatoms. The van der Waals surface area contributed by atoms with E-state index < -0.39 is 0 Å². The second-order valence-electron chi connectivity index (χ2n) is 11.2. The largest absolute Gasteiger partial charge is 0.381 e. The summed E-state index contributed by atoms with van der Waals surface area (Å²) < 4.78 is 20.0. The second-order valence-corrected chi connectivity index (χ2v) is 11.2. The molecule has 5 nitrogen and oxygen atoms in total. The molecule has 0 bridgehead atoms. The van der Waals surface area contributed by atoms with Crippen molar-refractivity contribution in [3.8, 4) is 0 Å². The Kier molecular flexibility index (Phi) is 21.1. The molecule has 0 spiro atoms. The van der Waals surface area contributed by atoms with E-state index in [-0.39, 0.29) is 11.4 Å². The number of hydrogen-bond acceptors (Lipinski definition) is 5. The number of rotatable bonds is 4. The van der Waals surface area contributed by atoms with Crippen molar-refractivity contribution in [2.75, 3.05) is 44.8 Å². The van der Waals surface area contributed by atoms with E-state index in [1.165, 1.54) is 25.7 Å². The van der Waals surface area contributed by atoms with E-state index >= 15 is 4.39 Å². The molecule has 252 valence electrons. The highest BCUT2D eigenvalue weighted by atomic mass is 19.1. The van der Waals surface area contributed by atoms with Gasteiger partial charge in [0.05, 0.1) is 5.71 Å². The Balaban J connectivity index is 0.00000112. The Labute approximate surface area is 271 Å². The number of fused-ring (bicyclic) bond motifs is 2. The maximum Gasteiger partial charge on any atom is 0.149 e. The molecule has 3 saturated heterocycles. The van der Waals surface area contributed by atoms with E-state index in [2.05, 4.69) is 37.6 Å². The lowest BCUT2D eigenvalue weighted by atomic mass is 9.80. The Morgan fingerprint density at radius 3 is 2.16 bits per heavy atom. The highest BCUT2D eigenvalue weighted by molar-refractivity contribution is 6.13. The molecule has 4 heterocycles. The predicted molar refractivity (Wildman–Crippen MR) is 193 cm³/mol. The number of benzene rings is 1. The smallest absolute Gasteiger partial charge is 0.149 e. The van der Waals surface area contributed by atoms with Crippen LogP contribution in [0.1, 0.15) is 125 Å². The first-order chi connectivity index (χ1) is 21.2. The summed E-state index contributed by atoms with van der Waals surface area (Å²) in [4.78, 5) is 9.65. The Morgan fingerprint density at radius 1 is 1.07 bits per heavy atom. The van der Waals surface area contributed by atoms with Crippen molar-refractivity contribution in [3.63, 3.8) is 0 Å². The number of piperidine rings is 1. The van der Waals surface area contributed by atoms with Crippen LogP contribution in [0.3, 0.4) is 0 Å². The van der Waals surface area contributed by atoms with Gasteiger partial charge in [-0.25, -0.2) is 9.37 Å². The first kappa shape index (κ1) is 41.7. The molecule has 3 aliphatic heterocycles. The maximum absolute atomic E-state index is 15.0. The van der Waals surface area contributed by atoms with Crippen molar-refractivity contribution >= 4 is 22.4 Å². The van der Waals surface area contributed by atoms with Crippen LogP contribution < -0.4 is 4.90 Å².